The van der Waals surface area contributed by atoms with Crippen molar-refractivity contribution in [3.8, 4) is 51.0 Å². The van der Waals surface area contributed by atoms with Gasteiger partial charge in [0.25, 0.3) is 0 Å². The molecule has 7 rings (SSSR count). The van der Waals surface area contributed by atoms with Crippen molar-refractivity contribution in [3.63, 3.8) is 0 Å². The smallest absolute Gasteiger partial charge is 0.406 e. The minimum absolute atomic E-state index is 0. The van der Waals surface area contributed by atoms with Gasteiger partial charge in [-0.15, -0.1) is 23.8 Å². The summed E-state index contributed by atoms with van der Waals surface area (Å²) < 4.78 is 8.42. The van der Waals surface area contributed by atoms with Crippen LogP contribution in [0, 0.1) is 12.1 Å². The fraction of sp³-hybridized carbons (Fsp3) is 0. The quantitative estimate of drug-likeness (QED) is 0.162. The second kappa shape index (κ2) is 11.8. The number of aromatic nitrogens is 3. The number of fused-ring (bicyclic) bond motifs is 1. The average Bonchev–Trinajstić information content (AvgIpc) is 3.40. The first-order chi connectivity index (χ1) is 19.8. The molecule has 0 fully saturated rings. The number of benzene rings is 5. The zero-order valence-corrected chi connectivity index (χ0v) is 24.1. The summed E-state index contributed by atoms with van der Waals surface area (Å²) in [4.78, 5) is 9.47. The molecular formula is C36H23N3OPt. The molecule has 0 atom stereocenters. The Morgan fingerprint density at radius 1 is 0.610 bits per heavy atom. The van der Waals surface area contributed by atoms with Crippen LogP contribution in [0.1, 0.15) is 0 Å². The van der Waals surface area contributed by atoms with Crippen LogP contribution in [0.5, 0.6) is 11.9 Å². The fourth-order valence-electron chi connectivity index (χ4n) is 4.97. The van der Waals surface area contributed by atoms with Crippen LogP contribution in [0.4, 0.5) is 0 Å². The Morgan fingerprint density at radius 3 is 2.17 bits per heavy atom. The van der Waals surface area contributed by atoms with Crippen LogP contribution in [-0.2, 0) is 21.1 Å². The molecule has 0 radical (unpaired) electrons. The Balaban J connectivity index is 0.00000302. The van der Waals surface area contributed by atoms with E-state index in [9.17, 15) is 0 Å². The van der Waals surface area contributed by atoms with E-state index in [1.165, 1.54) is 0 Å². The number of hydrogen-bond acceptors (Lipinski definition) is 3. The fourth-order valence-corrected chi connectivity index (χ4v) is 4.97. The predicted octanol–water partition coefficient (Wildman–Crippen LogP) is 8.81. The third-order valence-corrected chi connectivity index (χ3v) is 6.80. The maximum absolute atomic E-state index is 6.35. The monoisotopic (exact) mass is 708 g/mol. The van der Waals surface area contributed by atoms with Crippen molar-refractivity contribution in [1.82, 2.24) is 14.5 Å². The second-order valence-corrected chi connectivity index (χ2v) is 9.31. The summed E-state index contributed by atoms with van der Waals surface area (Å²) in [7, 11) is 0. The molecule has 0 saturated carbocycles. The van der Waals surface area contributed by atoms with Crippen LogP contribution in [0.15, 0.2) is 140 Å². The van der Waals surface area contributed by atoms with E-state index in [2.05, 4.69) is 94.5 Å². The van der Waals surface area contributed by atoms with Gasteiger partial charge in [-0.25, -0.2) is 15.5 Å². The Kier molecular flexibility index (Phi) is 7.58. The van der Waals surface area contributed by atoms with Gasteiger partial charge in [0.05, 0.1) is 16.7 Å². The van der Waals surface area contributed by atoms with Crippen LogP contribution in [0.25, 0.3) is 50.1 Å². The molecule has 0 saturated heterocycles. The van der Waals surface area contributed by atoms with Crippen LogP contribution in [-0.4, -0.2) is 14.5 Å². The third kappa shape index (κ3) is 5.22. The van der Waals surface area contributed by atoms with E-state index in [1.54, 1.807) is 6.20 Å². The molecule has 5 heteroatoms. The molecule has 0 aliphatic carbocycles. The molecule has 0 aliphatic rings. The average molecular weight is 709 g/mol. The largest absolute Gasteiger partial charge is 2.00 e. The van der Waals surface area contributed by atoms with Crippen molar-refractivity contribution in [2.24, 2.45) is 0 Å². The van der Waals surface area contributed by atoms with E-state index in [0.29, 0.717) is 11.9 Å². The Bertz CT molecular complexity index is 1920. The Labute approximate surface area is 253 Å². The van der Waals surface area contributed by atoms with Gasteiger partial charge >= 0.3 is 27.1 Å². The maximum Gasteiger partial charge on any atom is 2.00 e. The number of ether oxygens (including phenoxy) is 1. The van der Waals surface area contributed by atoms with E-state index in [4.69, 9.17) is 9.72 Å². The van der Waals surface area contributed by atoms with Crippen LogP contribution < -0.4 is 4.74 Å². The summed E-state index contributed by atoms with van der Waals surface area (Å²) in [6.45, 7) is 0. The summed E-state index contributed by atoms with van der Waals surface area (Å²) >= 11 is 0. The first-order valence-corrected chi connectivity index (χ1v) is 13.1. The van der Waals surface area contributed by atoms with Crippen molar-refractivity contribution in [3.05, 3.63) is 152 Å². The predicted molar refractivity (Wildman–Crippen MR) is 159 cm³/mol. The first-order valence-electron chi connectivity index (χ1n) is 13.1. The van der Waals surface area contributed by atoms with Gasteiger partial charge in [0.1, 0.15) is 0 Å². The summed E-state index contributed by atoms with van der Waals surface area (Å²) in [6.07, 6.45) is 1.72. The zero-order valence-electron chi connectivity index (χ0n) is 21.8. The zero-order chi connectivity index (χ0) is 26.7. The number of pyridine rings is 1. The van der Waals surface area contributed by atoms with Gasteiger partial charge in [0.15, 0.2) is 0 Å². The van der Waals surface area contributed by atoms with Gasteiger partial charge in [-0.1, -0.05) is 72.3 Å². The molecule has 0 unspecified atom stereocenters. The van der Waals surface area contributed by atoms with Gasteiger partial charge in [0, 0.05) is 17.8 Å². The third-order valence-electron chi connectivity index (χ3n) is 6.80. The van der Waals surface area contributed by atoms with Gasteiger partial charge in [-0.3, -0.25) is 4.57 Å². The van der Waals surface area contributed by atoms with Crippen molar-refractivity contribution >= 4 is 11.0 Å². The van der Waals surface area contributed by atoms with E-state index >= 15 is 0 Å². The molecule has 4 nitrogen and oxygen atoms in total. The molecule has 0 spiro atoms. The number of para-hydroxylation sites is 2. The number of nitrogens with zero attached hydrogens (tertiary/aromatic N) is 3. The first kappa shape index (κ1) is 26.4. The molecule has 7 aromatic rings. The molecule has 198 valence electrons. The molecular weight excluding hydrogens is 685 g/mol. The molecule has 0 bridgehead atoms. The van der Waals surface area contributed by atoms with Crippen molar-refractivity contribution in [2.75, 3.05) is 0 Å². The minimum atomic E-state index is 0. The minimum Gasteiger partial charge on any atom is -0.406 e. The molecule has 0 N–H and O–H groups in total. The topological polar surface area (TPSA) is 39.9 Å². The van der Waals surface area contributed by atoms with Gasteiger partial charge < -0.3 is 4.74 Å². The normalized spacial score (nSPS) is 10.7. The van der Waals surface area contributed by atoms with Crippen LogP contribution >= 0.6 is 0 Å². The maximum atomic E-state index is 6.35. The van der Waals surface area contributed by atoms with E-state index in [-0.39, 0.29) is 21.1 Å². The van der Waals surface area contributed by atoms with E-state index in [0.717, 1.165) is 50.1 Å². The van der Waals surface area contributed by atoms with Crippen LogP contribution in [0.3, 0.4) is 0 Å². The number of rotatable bonds is 6. The standard InChI is InChI=1S/C36H23N3O.Pt/c1-3-13-26(14-4-1)28-17-11-18-29(25-28)31-20-12-22-33-35(31)38-36(40-34-23-9-10-24-37-34)39(33)32-21-8-7-19-30(32)27-15-5-2-6-16-27;/h1-13,15-24H;/q-2;+2. The number of hydrogen-bond donors (Lipinski definition) is 0. The van der Waals surface area contributed by atoms with Crippen LogP contribution in [0.2, 0.25) is 0 Å². The number of imidazole rings is 1. The van der Waals surface area contributed by atoms with Crippen molar-refractivity contribution in [2.45, 2.75) is 0 Å². The van der Waals surface area contributed by atoms with E-state index < -0.39 is 0 Å². The van der Waals surface area contributed by atoms with Gasteiger partial charge in [-0.2, -0.15) is 42.0 Å². The van der Waals surface area contributed by atoms with Gasteiger partial charge in [-0.05, 0) is 23.8 Å². The summed E-state index contributed by atoms with van der Waals surface area (Å²) in [6, 6.07) is 51.9. The Hall–Kier alpha value is -4.79. The van der Waals surface area contributed by atoms with Gasteiger partial charge in [0.2, 0.25) is 5.88 Å². The SMILES string of the molecule is [Pt+2].[c-]1ccccc1-c1[c-]c(-c2cccc3c2nc(Oc2ccccn2)n3-c2ccccc2-c2ccccc2)ccc1. The molecule has 2 aromatic heterocycles. The van der Waals surface area contributed by atoms with Crippen molar-refractivity contribution < 1.29 is 25.8 Å². The Morgan fingerprint density at radius 2 is 1.34 bits per heavy atom. The van der Waals surface area contributed by atoms with Crippen molar-refractivity contribution in [1.29, 1.82) is 0 Å². The molecule has 0 aliphatic heterocycles. The van der Waals surface area contributed by atoms with E-state index in [1.807, 2.05) is 60.7 Å². The molecule has 0 amide bonds. The molecule has 2 heterocycles. The summed E-state index contributed by atoms with van der Waals surface area (Å²) in [5, 5.41) is 0. The molecule has 5 aromatic carbocycles. The summed E-state index contributed by atoms with van der Waals surface area (Å²) in [5.74, 6) is 0.478. The molecule has 41 heavy (non-hydrogen) atoms. The second-order valence-electron chi connectivity index (χ2n) is 9.31. The summed E-state index contributed by atoms with van der Waals surface area (Å²) in [5.41, 5.74) is 8.80.